The van der Waals surface area contributed by atoms with Gasteiger partial charge in [-0.1, -0.05) is 23.9 Å². The monoisotopic (exact) mass is 443 g/mol. The van der Waals surface area contributed by atoms with Gasteiger partial charge in [0, 0.05) is 6.54 Å². The first-order valence-electron chi connectivity index (χ1n) is 9.28. The van der Waals surface area contributed by atoms with Crippen molar-refractivity contribution in [1.82, 2.24) is 25.1 Å². The van der Waals surface area contributed by atoms with Gasteiger partial charge in [0.25, 0.3) is 0 Å². The molecule has 12 heteroatoms. The van der Waals surface area contributed by atoms with E-state index in [0.717, 1.165) is 36.7 Å². The fourth-order valence-corrected chi connectivity index (χ4v) is 3.51. The van der Waals surface area contributed by atoms with Crippen LogP contribution >= 0.6 is 11.8 Å². The summed E-state index contributed by atoms with van der Waals surface area (Å²) >= 11 is 1.15. The summed E-state index contributed by atoms with van der Waals surface area (Å²) in [5.74, 6) is -0.989. The minimum atomic E-state index is -4.44. The first-order valence-corrected chi connectivity index (χ1v) is 10.3. The predicted octanol–water partition coefficient (Wildman–Crippen LogP) is 2.71. The molecule has 3 rings (SSSR count). The lowest BCUT2D eigenvalue weighted by atomic mass is 10.1. The van der Waals surface area contributed by atoms with E-state index in [1.807, 2.05) is 0 Å². The number of carbonyl (C=O) groups is 2. The summed E-state index contributed by atoms with van der Waals surface area (Å²) in [4.78, 5) is 25.9. The second-order valence-electron chi connectivity index (χ2n) is 6.68. The third-order valence-electron chi connectivity index (χ3n) is 4.31. The fraction of sp³-hybridized carbons (Fsp3) is 0.500. The van der Waals surface area contributed by atoms with Gasteiger partial charge in [-0.2, -0.15) is 13.2 Å². The Hall–Kier alpha value is -2.63. The summed E-state index contributed by atoms with van der Waals surface area (Å²) in [6.45, 7) is 1.48. The Morgan fingerprint density at radius 3 is 2.57 bits per heavy atom. The molecule has 1 aromatic heterocycles. The fourth-order valence-electron chi connectivity index (χ4n) is 2.66. The molecule has 1 fully saturated rings. The molecule has 0 saturated heterocycles. The van der Waals surface area contributed by atoms with Gasteiger partial charge in [0.2, 0.25) is 11.1 Å². The van der Waals surface area contributed by atoms with Crippen LogP contribution in [-0.4, -0.2) is 55.9 Å². The number of halogens is 3. The molecule has 162 valence electrons. The summed E-state index contributed by atoms with van der Waals surface area (Å²) in [5.41, 5.74) is -0.314. The number of hydrogen-bond donors (Lipinski definition) is 0. The van der Waals surface area contributed by atoms with E-state index < -0.39 is 17.7 Å². The maximum absolute atomic E-state index is 12.7. The number of benzene rings is 1. The number of alkyl halides is 3. The van der Waals surface area contributed by atoms with Crippen molar-refractivity contribution in [3.63, 3.8) is 0 Å². The normalized spacial score (nSPS) is 13.9. The lowest BCUT2D eigenvalue weighted by Crippen LogP contribution is -2.37. The molecule has 0 N–H and O–H groups in total. The molecule has 0 unspecified atom stereocenters. The van der Waals surface area contributed by atoms with Gasteiger partial charge < -0.3 is 9.64 Å². The van der Waals surface area contributed by atoms with Crippen LogP contribution < -0.4 is 0 Å². The van der Waals surface area contributed by atoms with Crippen LogP contribution in [0.3, 0.4) is 0 Å². The van der Waals surface area contributed by atoms with Gasteiger partial charge >= 0.3 is 12.1 Å². The molecule has 1 aliphatic rings. The number of tetrazole rings is 1. The molecule has 2 aromatic rings. The number of rotatable bonds is 9. The van der Waals surface area contributed by atoms with Crippen molar-refractivity contribution in [1.29, 1.82) is 0 Å². The Morgan fingerprint density at radius 1 is 1.27 bits per heavy atom. The number of hydrogen-bond acceptors (Lipinski definition) is 7. The molecule has 1 aromatic carbocycles. The Bertz CT molecular complexity index is 884. The number of ether oxygens (including phenoxy) is 1. The molecular weight excluding hydrogens is 423 g/mol. The standard InChI is InChI=1S/C18H20F3N5O3S/c1-2-29-16(28)10-25(9-12-3-5-13(6-4-12)18(19,20)21)15(27)11-30-17-22-23-24-26(17)14-7-8-14/h3-6,14H,2,7-11H2,1H3. The van der Waals surface area contributed by atoms with E-state index in [0.29, 0.717) is 10.7 Å². The van der Waals surface area contributed by atoms with Gasteiger partial charge in [-0.15, -0.1) is 5.10 Å². The van der Waals surface area contributed by atoms with E-state index in [9.17, 15) is 22.8 Å². The Labute approximate surface area is 174 Å². The first kappa shape index (κ1) is 22.1. The zero-order valence-electron chi connectivity index (χ0n) is 16.1. The topological polar surface area (TPSA) is 90.2 Å². The average Bonchev–Trinajstić information content (AvgIpc) is 3.43. The third kappa shape index (κ3) is 5.94. The molecule has 1 saturated carbocycles. The van der Waals surface area contributed by atoms with Gasteiger partial charge in [0.15, 0.2) is 0 Å². The van der Waals surface area contributed by atoms with Crippen molar-refractivity contribution in [3.05, 3.63) is 35.4 Å². The van der Waals surface area contributed by atoms with E-state index in [4.69, 9.17) is 4.74 Å². The van der Waals surface area contributed by atoms with Crippen molar-refractivity contribution in [2.45, 2.75) is 43.7 Å². The molecule has 0 bridgehead atoms. The highest BCUT2D eigenvalue weighted by Crippen LogP contribution is 2.36. The Kier molecular flexibility index (Phi) is 6.95. The quantitative estimate of drug-likeness (QED) is 0.435. The molecule has 8 nitrogen and oxygen atoms in total. The van der Waals surface area contributed by atoms with Crippen molar-refractivity contribution in [2.75, 3.05) is 18.9 Å². The van der Waals surface area contributed by atoms with Crippen molar-refractivity contribution < 1.29 is 27.5 Å². The largest absolute Gasteiger partial charge is 0.465 e. The van der Waals surface area contributed by atoms with E-state index in [-0.39, 0.29) is 37.4 Å². The van der Waals surface area contributed by atoms with E-state index in [2.05, 4.69) is 15.5 Å². The number of aromatic nitrogens is 4. The number of thioether (sulfide) groups is 1. The second-order valence-corrected chi connectivity index (χ2v) is 7.62. The number of esters is 1. The summed E-state index contributed by atoms with van der Waals surface area (Å²) in [7, 11) is 0. The SMILES string of the molecule is CCOC(=O)CN(Cc1ccc(C(F)(F)F)cc1)C(=O)CSc1nnnn1C1CC1. The predicted molar refractivity (Wildman–Crippen MR) is 100 cm³/mol. The highest BCUT2D eigenvalue weighted by Gasteiger charge is 2.30. The van der Waals surface area contributed by atoms with E-state index in [1.165, 1.54) is 17.0 Å². The number of carbonyl (C=O) groups excluding carboxylic acids is 2. The molecule has 0 spiro atoms. The van der Waals surface area contributed by atoms with Gasteiger partial charge in [-0.3, -0.25) is 9.59 Å². The van der Waals surface area contributed by atoms with Gasteiger partial charge in [0.05, 0.1) is 24.0 Å². The van der Waals surface area contributed by atoms with Crippen molar-refractivity contribution >= 4 is 23.6 Å². The highest BCUT2D eigenvalue weighted by atomic mass is 32.2. The summed E-state index contributed by atoms with van der Waals surface area (Å²) in [5, 5.41) is 12.0. The van der Waals surface area contributed by atoms with Crippen LogP contribution in [0, 0.1) is 0 Å². The Balaban J connectivity index is 1.66. The molecular formula is C18H20F3N5O3S. The smallest absolute Gasteiger partial charge is 0.416 e. The zero-order valence-corrected chi connectivity index (χ0v) is 16.9. The summed E-state index contributed by atoms with van der Waals surface area (Å²) in [6, 6.07) is 4.71. The van der Waals surface area contributed by atoms with Crippen molar-refractivity contribution in [3.8, 4) is 0 Å². The van der Waals surface area contributed by atoms with Crippen LogP contribution in [0.4, 0.5) is 13.2 Å². The van der Waals surface area contributed by atoms with E-state index in [1.54, 1.807) is 11.6 Å². The molecule has 30 heavy (non-hydrogen) atoms. The Morgan fingerprint density at radius 2 is 1.97 bits per heavy atom. The lowest BCUT2D eigenvalue weighted by molar-refractivity contribution is -0.148. The minimum absolute atomic E-state index is 0.0207. The summed E-state index contributed by atoms with van der Waals surface area (Å²) in [6.07, 6.45) is -2.48. The summed E-state index contributed by atoms with van der Waals surface area (Å²) < 4.78 is 44.8. The maximum atomic E-state index is 12.7. The van der Waals surface area contributed by atoms with Crippen LogP contribution in [0.5, 0.6) is 0 Å². The van der Waals surface area contributed by atoms with Crippen LogP contribution in [0.2, 0.25) is 0 Å². The number of nitrogens with zero attached hydrogens (tertiary/aromatic N) is 5. The van der Waals surface area contributed by atoms with Gasteiger partial charge in [0.1, 0.15) is 6.54 Å². The highest BCUT2D eigenvalue weighted by molar-refractivity contribution is 7.99. The molecule has 1 aliphatic carbocycles. The molecule has 0 atom stereocenters. The molecule has 1 amide bonds. The minimum Gasteiger partial charge on any atom is -0.465 e. The zero-order chi connectivity index (χ0) is 21.7. The van der Waals surface area contributed by atoms with E-state index >= 15 is 0 Å². The van der Waals surface area contributed by atoms with Crippen LogP contribution in [-0.2, 0) is 27.0 Å². The van der Waals surface area contributed by atoms with Crippen LogP contribution in [0.1, 0.15) is 36.9 Å². The number of amides is 1. The maximum Gasteiger partial charge on any atom is 0.416 e. The lowest BCUT2D eigenvalue weighted by Gasteiger charge is -2.22. The van der Waals surface area contributed by atoms with Crippen molar-refractivity contribution in [2.24, 2.45) is 0 Å². The van der Waals surface area contributed by atoms with Gasteiger partial charge in [-0.05, 0) is 47.9 Å². The third-order valence-corrected chi connectivity index (χ3v) is 5.23. The molecule has 0 radical (unpaired) electrons. The second kappa shape index (κ2) is 9.45. The molecule has 0 aliphatic heterocycles. The van der Waals surface area contributed by atoms with Crippen LogP contribution in [0.25, 0.3) is 0 Å². The average molecular weight is 443 g/mol. The van der Waals surface area contributed by atoms with Gasteiger partial charge in [-0.25, -0.2) is 4.68 Å². The van der Waals surface area contributed by atoms with Crippen LogP contribution in [0.15, 0.2) is 29.4 Å². The molecule has 1 heterocycles. The first-order chi connectivity index (χ1) is 14.3.